The number of rotatable bonds is 10. The van der Waals surface area contributed by atoms with E-state index in [-0.39, 0.29) is 17.5 Å². The molecule has 1 aliphatic rings. The number of sulfonamides is 1. The summed E-state index contributed by atoms with van der Waals surface area (Å²) in [6.45, 7) is -0.471. The first kappa shape index (κ1) is 23.7. The van der Waals surface area contributed by atoms with Crippen LogP contribution in [0.1, 0.15) is 5.56 Å². The van der Waals surface area contributed by atoms with E-state index in [2.05, 4.69) is 10.5 Å². The summed E-state index contributed by atoms with van der Waals surface area (Å²) in [5, 5.41) is 3.94. The van der Waals surface area contributed by atoms with Gasteiger partial charge in [-0.05, 0) is 29.8 Å². The van der Waals surface area contributed by atoms with Crippen LogP contribution in [0, 0.1) is 0 Å². The zero-order chi connectivity index (χ0) is 23.1. The van der Waals surface area contributed by atoms with Crippen molar-refractivity contribution >= 4 is 39.6 Å². The number of hydrogen-bond donors (Lipinski definition) is 1. The minimum Gasteiger partial charge on any atom is -0.497 e. The zero-order valence-electron chi connectivity index (χ0n) is 18.0. The Morgan fingerprint density at radius 1 is 1.19 bits per heavy atom. The molecule has 0 aromatic heterocycles. The largest absolute Gasteiger partial charge is 0.497 e. The van der Waals surface area contributed by atoms with Crippen LogP contribution in [0.2, 0.25) is 0 Å². The number of anilines is 1. The zero-order valence-corrected chi connectivity index (χ0v) is 19.6. The van der Waals surface area contributed by atoms with E-state index in [1.54, 1.807) is 12.1 Å². The van der Waals surface area contributed by atoms with Gasteiger partial charge < -0.3 is 14.2 Å². The van der Waals surface area contributed by atoms with Crippen molar-refractivity contribution in [2.24, 2.45) is 5.10 Å². The SMILES string of the molecule is COc1ccc(N(CC(=O)N/N=C\c2cccc(OC3CSC3)c2)S(C)(=O)=O)c(OC)c1. The summed E-state index contributed by atoms with van der Waals surface area (Å²) in [6, 6.07) is 12.0. The van der Waals surface area contributed by atoms with Gasteiger partial charge in [-0.3, -0.25) is 9.10 Å². The van der Waals surface area contributed by atoms with Crippen molar-refractivity contribution in [3.8, 4) is 17.2 Å². The van der Waals surface area contributed by atoms with Crippen molar-refractivity contribution in [1.29, 1.82) is 0 Å². The summed E-state index contributed by atoms with van der Waals surface area (Å²) in [5.74, 6) is 2.83. The van der Waals surface area contributed by atoms with Gasteiger partial charge in [-0.15, -0.1) is 0 Å². The van der Waals surface area contributed by atoms with Crippen LogP contribution in [0.3, 0.4) is 0 Å². The minimum atomic E-state index is -3.78. The van der Waals surface area contributed by atoms with E-state index in [4.69, 9.17) is 14.2 Å². The van der Waals surface area contributed by atoms with Crippen molar-refractivity contribution < 1.29 is 27.4 Å². The molecule has 1 fully saturated rings. The number of amides is 1. The van der Waals surface area contributed by atoms with Crippen LogP contribution in [0.25, 0.3) is 0 Å². The molecule has 2 aromatic rings. The molecular formula is C21H25N3O6S2. The van der Waals surface area contributed by atoms with Gasteiger partial charge in [0.1, 0.15) is 29.9 Å². The number of nitrogens with one attached hydrogen (secondary N) is 1. The molecule has 2 aromatic carbocycles. The van der Waals surface area contributed by atoms with E-state index >= 15 is 0 Å². The van der Waals surface area contributed by atoms with Gasteiger partial charge in [-0.1, -0.05) is 12.1 Å². The molecule has 0 unspecified atom stereocenters. The molecule has 1 saturated heterocycles. The molecule has 0 atom stereocenters. The Kier molecular flexibility index (Phi) is 7.86. The van der Waals surface area contributed by atoms with Crippen molar-refractivity contribution in [3.63, 3.8) is 0 Å². The number of hydrazone groups is 1. The molecule has 1 N–H and O–H groups in total. The molecule has 172 valence electrons. The second kappa shape index (κ2) is 10.6. The minimum absolute atomic E-state index is 0.217. The van der Waals surface area contributed by atoms with E-state index in [1.807, 2.05) is 36.0 Å². The Labute approximate surface area is 191 Å². The van der Waals surface area contributed by atoms with E-state index in [0.717, 1.165) is 33.4 Å². The molecular weight excluding hydrogens is 454 g/mol. The van der Waals surface area contributed by atoms with Gasteiger partial charge in [0.2, 0.25) is 10.0 Å². The smallest absolute Gasteiger partial charge is 0.260 e. The van der Waals surface area contributed by atoms with Crippen molar-refractivity contribution in [2.75, 3.05) is 42.8 Å². The first-order valence-electron chi connectivity index (χ1n) is 9.66. The summed E-state index contributed by atoms with van der Waals surface area (Å²) < 4.78 is 41.9. The Hall–Kier alpha value is -2.92. The first-order chi connectivity index (χ1) is 15.3. The van der Waals surface area contributed by atoms with E-state index in [9.17, 15) is 13.2 Å². The number of carbonyl (C=O) groups excluding carboxylic acids is 1. The van der Waals surface area contributed by atoms with Crippen LogP contribution < -0.4 is 23.9 Å². The van der Waals surface area contributed by atoms with Gasteiger partial charge in [0.05, 0.1) is 32.4 Å². The maximum Gasteiger partial charge on any atom is 0.260 e. The molecule has 0 aliphatic carbocycles. The number of hydrogen-bond acceptors (Lipinski definition) is 8. The maximum atomic E-state index is 12.4. The number of benzene rings is 2. The van der Waals surface area contributed by atoms with Crippen LogP contribution in [0.4, 0.5) is 5.69 Å². The fourth-order valence-electron chi connectivity index (χ4n) is 2.86. The van der Waals surface area contributed by atoms with Crippen molar-refractivity contribution in [3.05, 3.63) is 48.0 Å². The number of carbonyl (C=O) groups is 1. The van der Waals surface area contributed by atoms with Gasteiger partial charge in [0.15, 0.2) is 0 Å². The van der Waals surface area contributed by atoms with Crippen molar-refractivity contribution in [1.82, 2.24) is 5.43 Å². The quantitative estimate of drug-likeness (QED) is 0.411. The van der Waals surface area contributed by atoms with E-state index in [1.165, 1.54) is 26.5 Å². The standard InChI is InChI=1S/C21H25N3O6S2/c1-28-16-7-8-19(20(10-16)29-2)24(32(3,26)27)12-21(25)23-22-11-15-5-4-6-17(9-15)30-18-13-31-14-18/h4-11,18H,12-14H2,1-3H3,(H,23,25)/b22-11-. The fourth-order valence-corrected chi connectivity index (χ4v) is 4.28. The average molecular weight is 480 g/mol. The molecule has 3 rings (SSSR count). The fraction of sp³-hybridized carbons (Fsp3) is 0.333. The third-order valence-electron chi connectivity index (χ3n) is 4.51. The molecule has 0 radical (unpaired) electrons. The van der Waals surface area contributed by atoms with Crippen LogP contribution in [0.15, 0.2) is 47.6 Å². The number of methoxy groups -OCH3 is 2. The topological polar surface area (TPSA) is 107 Å². The summed E-state index contributed by atoms with van der Waals surface area (Å²) >= 11 is 1.83. The molecule has 0 saturated carbocycles. The molecule has 0 spiro atoms. The summed E-state index contributed by atoms with van der Waals surface area (Å²) in [4.78, 5) is 12.4. The van der Waals surface area contributed by atoms with Crippen LogP contribution in [0.5, 0.6) is 17.2 Å². The second-order valence-electron chi connectivity index (χ2n) is 6.95. The molecule has 32 heavy (non-hydrogen) atoms. The molecule has 9 nitrogen and oxygen atoms in total. The average Bonchev–Trinajstić information content (AvgIpc) is 2.74. The predicted octanol–water partition coefficient (Wildman–Crippen LogP) is 2.11. The van der Waals surface area contributed by atoms with Crippen LogP contribution >= 0.6 is 11.8 Å². The maximum absolute atomic E-state index is 12.4. The Bertz CT molecular complexity index is 1090. The highest BCUT2D eigenvalue weighted by molar-refractivity contribution is 8.00. The van der Waals surface area contributed by atoms with Gasteiger partial charge >= 0.3 is 0 Å². The monoisotopic (exact) mass is 479 g/mol. The Balaban J connectivity index is 1.67. The highest BCUT2D eigenvalue weighted by Gasteiger charge is 2.24. The van der Waals surface area contributed by atoms with E-state index < -0.39 is 22.5 Å². The molecule has 1 aliphatic heterocycles. The molecule has 1 amide bonds. The summed E-state index contributed by atoms with van der Waals surface area (Å²) in [5.41, 5.74) is 3.32. The van der Waals surface area contributed by atoms with Gasteiger partial charge in [0.25, 0.3) is 5.91 Å². The lowest BCUT2D eigenvalue weighted by molar-refractivity contribution is -0.119. The number of thioether (sulfide) groups is 1. The van der Waals surface area contributed by atoms with Gasteiger partial charge in [-0.2, -0.15) is 16.9 Å². The number of nitrogens with zero attached hydrogens (tertiary/aromatic N) is 2. The van der Waals surface area contributed by atoms with Crippen LogP contribution in [-0.2, 0) is 14.8 Å². The normalized spacial score (nSPS) is 14.0. The highest BCUT2D eigenvalue weighted by Crippen LogP contribution is 2.33. The van der Waals surface area contributed by atoms with Crippen molar-refractivity contribution in [2.45, 2.75) is 6.10 Å². The van der Waals surface area contributed by atoms with Gasteiger partial charge in [0, 0.05) is 17.6 Å². The third kappa shape index (κ3) is 6.30. The summed E-state index contributed by atoms with van der Waals surface area (Å²) in [6.07, 6.45) is 2.71. The Morgan fingerprint density at radius 3 is 2.59 bits per heavy atom. The molecule has 1 heterocycles. The lowest BCUT2D eigenvalue weighted by Gasteiger charge is -2.25. The van der Waals surface area contributed by atoms with E-state index in [0.29, 0.717) is 5.75 Å². The molecule has 11 heteroatoms. The lowest BCUT2D eigenvalue weighted by atomic mass is 10.2. The van der Waals surface area contributed by atoms with Gasteiger partial charge in [-0.25, -0.2) is 13.8 Å². The molecule has 0 bridgehead atoms. The first-order valence-corrected chi connectivity index (χ1v) is 12.7. The summed E-state index contributed by atoms with van der Waals surface area (Å²) in [7, 11) is -0.879. The Morgan fingerprint density at radius 2 is 1.97 bits per heavy atom. The number of ether oxygens (including phenoxy) is 3. The van der Waals surface area contributed by atoms with Crippen LogP contribution in [-0.4, -0.2) is 65.2 Å². The third-order valence-corrected chi connectivity index (χ3v) is 6.86. The predicted molar refractivity (Wildman–Crippen MR) is 126 cm³/mol. The second-order valence-corrected chi connectivity index (χ2v) is 9.93. The highest BCUT2D eigenvalue weighted by atomic mass is 32.2. The lowest BCUT2D eigenvalue weighted by Crippen LogP contribution is -2.39.